The van der Waals surface area contributed by atoms with E-state index in [0.717, 1.165) is 38.5 Å². The van der Waals surface area contributed by atoms with Crippen LogP contribution in [-0.2, 0) is 9.47 Å². The summed E-state index contributed by atoms with van der Waals surface area (Å²) in [6, 6.07) is 7.34. The zero-order chi connectivity index (χ0) is 28.5. The van der Waals surface area contributed by atoms with Crippen LogP contribution in [0.3, 0.4) is 0 Å². The Morgan fingerprint density at radius 2 is 2.00 bits per heavy atom. The summed E-state index contributed by atoms with van der Waals surface area (Å²) in [6.45, 7) is 6.22. The number of piperazine rings is 1. The third-order valence-electron chi connectivity index (χ3n) is 7.81. The zero-order valence-corrected chi connectivity index (χ0v) is 24.0. The fourth-order valence-corrected chi connectivity index (χ4v) is 5.70. The number of benzene rings is 2. The maximum absolute atomic E-state index is 6.70. The Hall–Kier alpha value is -3.93. The summed E-state index contributed by atoms with van der Waals surface area (Å²) >= 11 is 6.59. The minimum atomic E-state index is -0.362. The molecule has 1 aromatic heterocycles. The average Bonchev–Trinajstić information content (AvgIpc) is 3.49. The molecule has 5 heterocycles. The number of halogens is 1. The third kappa shape index (κ3) is 5.47. The molecule has 2 atom stereocenters. The SMILES string of the molecule is CN1CCN(CCOc2cc(OC3CCOC4=CC=COC43)c3c(Nc4c(Cl)ccc5c4OCO5)ncnc3c2)CC1. The molecule has 0 aliphatic carbocycles. The van der Waals surface area contributed by atoms with E-state index in [1.54, 1.807) is 18.4 Å². The molecule has 0 bridgehead atoms. The molecular weight excluding hydrogens is 562 g/mol. The Balaban J connectivity index is 1.21. The second kappa shape index (κ2) is 11.7. The number of nitrogens with one attached hydrogen (secondary N) is 1. The highest BCUT2D eigenvalue weighted by molar-refractivity contribution is 6.34. The first-order valence-corrected chi connectivity index (χ1v) is 14.5. The highest BCUT2D eigenvalue weighted by Crippen LogP contribution is 2.46. The van der Waals surface area contributed by atoms with Crippen LogP contribution >= 0.6 is 11.6 Å². The lowest BCUT2D eigenvalue weighted by molar-refractivity contribution is -0.0403. The summed E-state index contributed by atoms with van der Waals surface area (Å²) in [4.78, 5) is 13.9. The highest BCUT2D eigenvalue weighted by Gasteiger charge is 2.35. The normalized spacial score (nSPS) is 21.7. The minimum absolute atomic E-state index is 0.119. The quantitative estimate of drug-likeness (QED) is 0.404. The van der Waals surface area contributed by atoms with Crippen molar-refractivity contribution in [1.29, 1.82) is 0 Å². The number of rotatable bonds is 8. The number of fused-ring (bicyclic) bond motifs is 3. The summed E-state index contributed by atoms with van der Waals surface area (Å²) in [5, 5.41) is 4.51. The van der Waals surface area contributed by atoms with Crippen LogP contribution in [0.25, 0.3) is 10.9 Å². The smallest absolute Gasteiger partial charge is 0.231 e. The van der Waals surface area contributed by atoms with Gasteiger partial charge in [0, 0.05) is 51.3 Å². The first-order valence-electron chi connectivity index (χ1n) is 14.1. The number of hydrogen-bond donors (Lipinski definition) is 1. The van der Waals surface area contributed by atoms with Crippen LogP contribution < -0.4 is 24.3 Å². The molecule has 2 saturated heterocycles. The summed E-state index contributed by atoms with van der Waals surface area (Å²) in [5.41, 5.74) is 1.22. The van der Waals surface area contributed by atoms with Gasteiger partial charge in [0.25, 0.3) is 0 Å². The van der Waals surface area contributed by atoms with Gasteiger partial charge in [-0.25, -0.2) is 9.97 Å². The van der Waals surface area contributed by atoms with Gasteiger partial charge in [-0.1, -0.05) is 11.6 Å². The molecule has 42 heavy (non-hydrogen) atoms. The van der Waals surface area contributed by atoms with Crippen LogP contribution in [0.5, 0.6) is 23.0 Å². The van der Waals surface area contributed by atoms with E-state index in [2.05, 4.69) is 32.1 Å². The zero-order valence-electron chi connectivity index (χ0n) is 23.3. The molecule has 7 rings (SSSR count). The van der Waals surface area contributed by atoms with Gasteiger partial charge in [-0.15, -0.1) is 0 Å². The van der Waals surface area contributed by atoms with Gasteiger partial charge >= 0.3 is 0 Å². The number of allylic oxidation sites excluding steroid dienone is 2. The van der Waals surface area contributed by atoms with Crippen molar-refractivity contribution >= 4 is 34.0 Å². The lowest BCUT2D eigenvalue weighted by Gasteiger charge is -2.34. The molecule has 0 spiro atoms. The summed E-state index contributed by atoms with van der Waals surface area (Å²) in [5.74, 6) is 3.63. The highest BCUT2D eigenvalue weighted by atomic mass is 35.5. The summed E-state index contributed by atoms with van der Waals surface area (Å²) < 4.78 is 36.0. The van der Waals surface area contributed by atoms with Crippen LogP contribution in [0, 0.1) is 0 Å². The Morgan fingerprint density at radius 3 is 2.90 bits per heavy atom. The molecular formula is C30H32ClN5O6. The van der Waals surface area contributed by atoms with E-state index in [1.807, 2.05) is 24.3 Å². The predicted octanol–water partition coefficient (Wildman–Crippen LogP) is 4.35. The number of anilines is 2. The molecule has 12 heteroatoms. The molecule has 2 fully saturated rings. The fraction of sp³-hybridized carbons (Fsp3) is 0.400. The lowest BCUT2D eigenvalue weighted by Crippen LogP contribution is -2.45. The number of ether oxygens (including phenoxy) is 6. The van der Waals surface area contributed by atoms with Gasteiger partial charge in [0.05, 0.1) is 28.8 Å². The molecule has 1 N–H and O–H groups in total. The van der Waals surface area contributed by atoms with E-state index < -0.39 is 0 Å². The van der Waals surface area contributed by atoms with E-state index in [4.69, 9.17) is 40.0 Å². The Bertz CT molecular complexity index is 1530. The first kappa shape index (κ1) is 26.9. The van der Waals surface area contributed by atoms with Crippen LogP contribution in [0.15, 0.2) is 54.8 Å². The number of nitrogens with zero attached hydrogens (tertiary/aromatic N) is 4. The van der Waals surface area contributed by atoms with Gasteiger partial charge in [0.15, 0.2) is 17.6 Å². The molecule has 220 valence electrons. The standard InChI is InChI=1S/C30H32ClN5O6/c1-35-7-9-36(10-8-35)11-14-37-19-15-21-26(25(16-19)42-24-6-13-38-22-3-2-12-39-28(22)24)30(33-17-32-21)34-27-20(31)4-5-23-29(27)41-18-40-23/h2-5,12,15-17,24,28H,6-11,13-14,18H2,1H3,(H,32,33,34). The molecule has 0 radical (unpaired) electrons. The van der Waals surface area contributed by atoms with Gasteiger partial charge in [-0.05, 0) is 31.3 Å². The molecule has 4 aliphatic rings. The van der Waals surface area contributed by atoms with Crippen molar-refractivity contribution in [3.63, 3.8) is 0 Å². The van der Waals surface area contributed by atoms with Gasteiger partial charge in [-0.3, -0.25) is 4.90 Å². The minimum Gasteiger partial charge on any atom is -0.494 e. The van der Waals surface area contributed by atoms with Crippen molar-refractivity contribution in [2.45, 2.75) is 18.6 Å². The number of likely N-dealkylation sites (N-methyl/N-ethyl adjacent to an activating group) is 1. The topological polar surface area (TPSA) is 99.7 Å². The van der Waals surface area contributed by atoms with Crippen LogP contribution in [0.2, 0.25) is 5.02 Å². The van der Waals surface area contributed by atoms with Gasteiger partial charge < -0.3 is 38.6 Å². The maximum atomic E-state index is 6.70. The van der Waals surface area contributed by atoms with Gasteiger partial charge in [0.2, 0.25) is 6.79 Å². The largest absolute Gasteiger partial charge is 0.494 e. The summed E-state index contributed by atoms with van der Waals surface area (Å²) in [6.07, 6.45) is 6.88. The molecule has 2 aromatic carbocycles. The molecule has 4 aliphatic heterocycles. The van der Waals surface area contributed by atoms with Crippen molar-refractivity contribution in [2.75, 3.05) is 65.1 Å². The molecule has 3 aromatic rings. The van der Waals surface area contributed by atoms with Crippen molar-refractivity contribution in [2.24, 2.45) is 0 Å². The van der Waals surface area contributed by atoms with Gasteiger partial charge in [0.1, 0.15) is 47.8 Å². The van der Waals surface area contributed by atoms with Crippen LogP contribution in [0.4, 0.5) is 11.5 Å². The summed E-state index contributed by atoms with van der Waals surface area (Å²) in [7, 11) is 2.15. The molecule has 0 amide bonds. The van der Waals surface area contributed by atoms with E-state index in [1.165, 1.54) is 6.33 Å². The fourth-order valence-electron chi connectivity index (χ4n) is 5.50. The number of hydrogen-bond acceptors (Lipinski definition) is 11. The Morgan fingerprint density at radius 1 is 1.10 bits per heavy atom. The second-order valence-electron chi connectivity index (χ2n) is 10.6. The van der Waals surface area contributed by atoms with Crippen molar-refractivity contribution in [3.8, 4) is 23.0 Å². The average molecular weight is 594 g/mol. The van der Waals surface area contributed by atoms with Crippen molar-refractivity contribution in [1.82, 2.24) is 19.8 Å². The van der Waals surface area contributed by atoms with Crippen LogP contribution in [0.1, 0.15) is 6.42 Å². The van der Waals surface area contributed by atoms with Crippen LogP contribution in [-0.4, -0.2) is 91.8 Å². The molecule has 0 saturated carbocycles. The van der Waals surface area contributed by atoms with E-state index >= 15 is 0 Å². The number of aromatic nitrogens is 2. The molecule has 11 nitrogen and oxygen atoms in total. The van der Waals surface area contributed by atoms with E-state index in [0.29, 0.717) is 70.1 Å². The lowest BCUT2D eigenvalue weighted by atomic mass is 10.0. The van der Waals surface area contributed by atoms with E-state index in [9.17, 15) is 0 Å². The first-order chi connectivity index (χ1) is 20.6. The Labute approximate surface area is 248 Å². The Kier molecular flexibility index (Phi) is 7.54. The van der Waals surface area contributed by atoms with E-state index in [-0.39, 0.29) is 19.0 Å². The van der Waals surface area contributed by atoms with Crippen molar-refractivity contribution in [3.05, 3.63) is 59.8 Å². The monoisotopic (exact) mass is 593 g/mol. The molecule has 2 unspecified atom stereocenters. The van der Waals surface area contributed by atoms with Gasteiger partial charge in [-0.2, -0.15) is 0 Å². The second-order valence-corrected chi connectivity index (χ2v) is 11.0. The third-order valence-corrected chi connectivity index (χ3v) is 8.13. The van der Waals surface area contributed by atoms with Crippen molar-refractivity contribution < 1.29 is 28.4 Å². The predicted molar refractivity (Wildman–Crippen MR) is 157 cm³/mol. The maximum Gasteiger partial charge on any atom is 0.231 e.